The minimum atomic E-state index is 0.477. The quantitative estimate of drug-likeness (QED) is 0.638. The van der Waals surface area contributed by atoms with Crippen LogP contribution in [-0.4, -0.2) is 12.4 Å². The van der Waals surface area contributed by atoms with Gasteiger partial charge >= 0.3 is 0 Å². The van der Waals surface area contributed by atoms with Gasteiger partial charge in [0.15, 0.2) is 0 Å². The molecule has 13 heavy (non-hydrogen) atoms. The smallest absolute Gasteiger partial charge is 0.0901 e. The van der Waals surface area contributed by atoms with Gasteiger partial charge in [-0.05, 0) is 25.5 Å². The van der Waals surface area contributed by atoms with Crippen molar-refractivity contribution in [1.29, 1.82) is 0 Å². The summed E-state index contributed by atoms with van der Waals surface area (Å²) in [6.45, 7) is 5.17. The Labute approximate surface area is 78.9 Å². The van der Waals surface area contributed by atoms with Crippen molar-refractivity contribution >= 4 is 12.0 Å². The van der Waals surface area contributed by atoms with E-state index in [2.05, 4.69) is 48.0 Å². The molecule has 0 spiro atoms. The van der Waals surface area contributed by atoms with Crippen LogP contribution in [0.1, 0.15) is 19.4 Å². The summed E-state index contributed by atoms with van der Waals surface area (Å²) in [5, 5.41) is 0. The van der Waals surface area contributed by atoms with E-state index >= 15 is 0 Å². The molecule has 0 N–H and O–H groups in total. The third kappa shape index (κ3) is 1.44. The van der Waals surface area contributed by atoms with Crippen LogP contribution in [0.4, 0.5) is 5.69 Å². The minimum Gasteiger partial charge on any atom is -0.330 e. The molecule has 2 rings (SSSR count). The molecule has 0 amide bonds. The molecule has 0 bridgehead atoms. The molecule has 68 valence electrons. The highest BCUT2D eigenvalue weighted by atomic mass is 15.2. The third-order valence-electron chi connectivity index (χ3n) is 2.29. The second-order valence-electron chi connectivity index (χ2n) is 3.59. The van der Waals surface area contributed by atoms with Gasteiger partial charge in [0.25, 0.3) is 0 Å². The molecule has 1 aliphatic rings. The van der Waals surface area contributed by atoms with Crippen LogP contribution in [0.3, 0.4) is 0 Å². The van der Waals surface area contributed by atoms with Gasteiger partial charge < -0.3 is 4.90 Å². The Balaban J connectivity index is 2.42. The number of fused-ring (bicyclic) bond motifs is 1. The predicted octanol–water partition coefficient (Wildman–Crippen LogP) is 2.44. The molecule has 1 aliphatic heterocycles. The van der Waals surface area contributed by atoms with E-state index in [0.717, 1.165) is 6.54 Å². The van der Waals surface area contributed by atoms with Gasteiger partial charge in [0.1, 0.15) is 0 Å². The number of rotatable bonds is 1. The van der Waals surface area contributed by atoms with Crippen molar-refractivity contribution in [1.82, 2.24) is 0 Å². The molecule has 0 atom stereocenters. The number of aliphatic imine (C=N–C) groups is 1. The van der Waals surface area contributed by atoms with Crippen LogP contribution in [0.5, 0.6) is 0 Å². The highest BCUT2D eigenvalue weighted by molar-refractivity contribution is 5.83. The number of nitrogens with zero attached hydrogens (tertiary/aromatic N) is 2. The summed E-state index contributed by atoms with van der Waals surface area (Å²) < 4.78 is 0. The van der Waals surface area contributed by atoms with Crippen molar-refractivity contribution in [2.24, 2.45) is 4.99 Å². The standard InChI is InChI=1S/C11H14N2/c1-9(2)13-8-12-7-10-5-3-4-6-11(10)13/h3-6,8-9H,7H2,1-2H3. The molecule has 0 saturated carbocycles. The first-order valence-corrected chi connectivity index (χ1v) is 4.65. The molecule has 1 aromatic rings. The lowest BCUT2D eigenvalue weighted by atomic mass is 10.1. The molecule has 0 unspecified atom stereocenters. The van der Waals surface area contributed by atoms with Crippen molar-refractivity contribution in [3.05, 3.63) is 29.8 Å². The number of benzene rings is 1. The van der Waals surface area contributed by atoms with Gasteiger partial charge in [-0.15, -0.1) is 0 Å². The maximum atomic E-state index is 4.32. The molecule has 1 aromatic carbocycles. The summed E-state index contributed by atoms with van der Waals surface area (Å²) in [7, 11) is 0. The second-order valence-corrected chi connectivity index (χ2v) is 3.59. The zero-order valence-electron chi connectivity index (χ0n) is 8.07. The molecule has 0 saturated heterocycles. The van der Waals surface area contributed by atoms with E-state index in [1.54, 1.807) is 0 Å². The highest BCUT2D eigenvalue weighted by Crippen LogP contribution is 2.24. The SMILES string of the molecule is CC(C)N1C=NCc2ccccc21. The van der Waals surface area contributed by atoms with Crippen LogP contribution in [0.2, 0.25) is 0 Å². The summed E-state index contributed by atoms with van der Waals surface area (Å²) in [6, 6.07) is 8.91. The Hall–Kier alpha value is -1.31. The monoisotopic (exact) mass is 174 g/mol. The van der Waals surface area contributed by atoms with Crippen LogP contribution in [0.15, 0.2) is 29.3 Å². The molecule has 0 radical (unpaired) electrons. The average molecular weight is 174 g/mol. The molecule has 2 nitrogen and oxygen atoms in total. The maximum Gasteiger partial charge on any atom is 0.0901 e. The Bertz CT molecular complexity index is 329. The van der Waals surface area contributed by atoms with Gasteiger partial charge in [0, 0.05) is 11.7 Å². The Morgan fingerprint density at radius 1 is 1.31 bits per heavy atom. The van der Waals surface area contributed by atoms with E-state index in [9.17, 15) is 0 Å². The Morgan fingerprint density at radius 3 is 2.85 bits per heavy atom. The maximum absolute atomic E-state index is 4.32. The number of anilines is 1. The predicted molar refractivity (Wildman–Crippen MR) is 56.3 cm³/mol. The van der Waals surface area contributed by atoms with Gasteiger partial charge in [-0.1, -0.05) is 18.2 Å². The molecular weight excluding hydrogens is 160 g/mol. The lowest BCUT2D eigenvalue weighted by molar-refractivity contribution is 0.794. The van der Waals surface area contributed by atoms with Gasteiger partial charge in [-0.2, -0.15) is 0 Å². The fourth-order valence-electron chi connectivity index (χ4n) is 1.60. The van der Waals surface area contributed by atoms with Gasteiger partial charge in [-0.25, -0.2) is 0 Å². The number of hydrogen-bond acceptors (Lipinski definition) is 2. The van der Waals surface area contributed by atoms with E-state index in [-0.39, 0.29) is 0 Å². The van der Waals surface area contributed by atoms with Crippen LogP contribution >= 0.6 is 0 Å². The van der Waals surface area contributed by atoms with Crippen LogP contribution in [0, 0.1) is 0 Å². The van der Waals surface area contributed by atoms with Gasteiger partial charge in [-0.3, -0.25) is 4.99 Å². The minimum absolute atomic E-state index is 0.477. The summed E-state index contributed by atoms with van der Waals surface area (Å²) >= 11 is 0. The van der Waals surface area contributed by atoms with Crippen LogP contribution in [0.25, 0.3) is 0 Å². The van der Waals surface area contributed by atoms with Crippen molar-refractivity contribution < 1.29 is 0 Å². The van der Waals surface area contributed by atoms with E-state index in [0.29, 0.717) is 6.04 Å². The normalized spacial score (nSPS) is 14.8. The fraction of sp³-hybridized carbons (Fsp3) is 0.364. The first-order chi connectivity index (χ1) is 6.29. The first-order valence-electron chi connectivity index (χ1n) is 4.65. The summed E-state index contributed by atoms with van der Waals surface area (Å²) in [4.78, 5) is 6.53. The third-order valence-corrected chi connectivity index (χ3v) is 2.29. The van der Waals surface area contributed by atoms with E-state index in [1.807, 2.05) is 6.34 Å². The van der Waals surface area contributed by atoms with Crippen LogP contribution in [-0.2, 0) is 6.54 Å². The van der Waals surface area contributed by atoms with Gasteiger partial charge in [0.2, 0.25) is 0 Å². The van der Waals surface area contributed by atoms with Crippen molar-refractivity contribution in [2.45, 2.75) is 26.4 Å². The van der Waals surface area contributed by atoms with Crippen LogP contribution < -0.4 is 4.90 Å². The lowest BCUT2D eigenvalue weighted by Crippen LogP contribution is -2.31. The number of hydrogen-bond donors (Lipinski definition) is 0. The molecule has 1 heterocycles. The molecule has 0 fully saturated rings. The highest BCUT2D eigenvalue weighted by Gasteiger charge is 2.14. The molecule has 2 heteroatoms. The molecular formula is C11H14N2. The second kappa shape index (κ2) is 3.21. The first kappa shape index (κ1) is 8.30. The zero-order chi connectivity index (χ0) is 9.26. The fourth-order valence-corrected chi connectivity index (χ4v) is 1.60. The summed E-state index contributed by atoms with van der Waals surface area (Å²) in [6.07, 6.45) is 1.94. The molecule has 0 aliphatic carbocycles. The average Bonchev–Trinajstić information content (AvgIpc) is 2.17. The Kier molecular flexibility index (Phi) is 2.05. The zero-order valence-corrected chi connectivity index (χ0v) is 8.07. The van der Waals surface area contributed by atoms with E-state index < -0.39 is 0 Å². The topological polar surface area (TPSA) is 15.6 Å². The summed E-state index contributed by atoms with van der Waals surface area (Å²) in [5.74, 6) is 0. The largest absolute Gasteiger partial charge is 0.330 e. The lowest BCUT2D eigenvalue weighted by Gasteiger charge is -2.28. The summed E-state index contributed by atoms with van der Waals surface area (Å²) in [5.41, 5.74) is 2.62. The van der Waals surface area contributed by atoms with Crippen molar-refractivity contribution in [3.63, 3.8) is 0 Å². The molecule has 0 aromatic heterocycles. The van der Waals surface area contributed by atoms with Crippen molar-refractivity contribution in [3.8, 4) is 0 Å². The number of para-hydroxylation sites is 1. The van der Waals surface area contributed by atoms with Gasteiger partial charge in [0.05, 0.1) is 12.9 Å². The van der Waals surface area contributed by atoms with E-state index in [4.69, 9.17) is 0 Å². The van der Waals surface area contributed by atoms with Crippen molar-refractivity contribution in [2.75, 3.05) is 4.90 Å². The Morgan fingerprint density at radius 2 is 2.08 bits per heavy atom. The van der Waals surface area contributed by atoms with E-state index in [1.165, 1.54) is 11.3 Å².